The Kier molecular flexibility index (Phi) is 8.25. The predicted molar refractivity (Wildman–Crippen MR) is 111 cm³/mol. The van der Waals surface area contributed by atoms with Gasteiger partial charge in [0, 0.05) is 0 Å². The maximum atomic E-state index is 13.5. The van der Waals surface area contributed by atoms with E-state index in [2.05, 4.69) is 0 Å². The van der Waals surface area contributed by atoms with E-state index in [1.165, 1.54) is 6.92 Å². The second-order valence-electron chi connectivity index (χ2n) is 8.17. The highest BCUT2D eigenvalue weighted by Gasteiger charge is 2.50. The number of hydrogen-bond acceptors (Lipinski definition) is 6. The molecule has 1 aliphatic rings. The van der Waals surface area contributed by atoms with E-state index >= 15 is 0 Å². The number of hydrogen-bond donors (Lipinski definition) is 0. The summed E-state index contributed by atoms with van der Waals surface area (Å²) in [4.78, 5) is 25.4. The van der Waals surface area contributed by atoms with Gasteiger partial charge in [-0.15, -0.1) is 0 Å². The lowest BCUT2D eigenvalue weighted by molar-refractivity contribution is -0.154. The van der Waals surface area contributed by atoms with Crippen LogP contribution in [0.4, 0.5) is 0 Å². The minimum atomic E-state index is -4.09. The third kappa shape index (κ3) is 5.81. The van der Waals surface area contributed by atoms with E-state index in [4.69, 9.17) is 9.47 Å². The molecule has 0 spiro atoms. The number of cyclic esters (lactones) is 2. The molecule has 1 aliphatic heterocycles. The van der Waals surface area contributed by atoms with Gasteiger partial charge in [-0.25, -0.2) is 8.42 Å². The molecule has 2 unspecified atom stereocenters. The fraction of sp³-hybridized carbons (Fsp3) is 0.636. The molecule has 0 aliphatic carbocycles. The Labute approximate surface area is 173 Å². The van der Waals surface area contributed by atoms with Crippen molar-refractivity contribution in [2.24, 2.45) is 5.41 Å². The fourth-order valence-electron chi connectivity index (χ4n) is 3.64. The zero-order valence-electron chi connectivity index (χ0n) is 17.6. The van der Waals surface area contributed by atoms with Gasteiger partial charge in [-0.3, -0.25) is 9.59 Å². The number of sulfone groups is 1. The highest BCUT2D eigenvalue weighted by molar-refractivity contribution is 7.93. The van der Waals surface area contributed by atoms with Crippen molar-refractivity contribution < 1.29 is 27.5 Å². The van der Waals surface area contributed by atoms with E-state index in [-0.39, 0.29) is 13.2 Å². The van der Waals surface area contributed by atoms with Gasteiger partial charge >= 0.3 is 11.9 Å². The maximum Gasteiger partial charge on any atom is 0.324 e. The zero-order chi connectivity index (χ0) is 21.5. The molecular weight excluding hydrogens is 392 g/mol. The van der Waals surface area contributed by atoms with Crippen molar-refractivity contribution in [2.45, 2.75) is 69.8 Å². The number of benzene rings is 1. The van der Waals surface area contributed by atoms with Gasteiger partial charge in [-0.2, -0.15) is 0 Å². The highest BCUT2D eigenvalue weighted by atomic mass is 32.2. The van der Waals surface area contributed by atoms with Gasteiger partial charge in [0.15, 0.2) is 15.1 Å². The molecule has 2 rings (SSSR count). The molecule has 0 amide bonds. The molecule has 1 fully saturated rings. The number of rotatable bonds is 1. The van der Waals surface area contributed by atoms with Crippen LogP contribution in [0.3, 0.4) is 0 Å². The van der Waals surface area contributed by atoms with Crippen LogP contribution >= 0.6 is 0 Å². The summed E-state index contributed by atoms with van der Waals surface area (Å²) in [5.74, 6) is -1.36. The van der Waals surface area contributed by atoms with Gasteiger partial charge in [-0.05, 0) is 39.2 Å². The summed E-state index contributed by atoms with van der Waals surface area (Å²) in [6, 6.07) is 8.53. The first kappa shape index (κ1) is 23.4. The van der Waals surface area contributed by atoms with Crippen LogP contribution in [0.5, 0.6) is 0 Å². The van der Waals surface area contributed by atoms with Crippen LogP contribution < -0.4 is 0 Å². The second kappa shape index (κ2) is 10.2. The quantitative estimate of drug-likeness (QED) is 0.634. The fourth-order valence-corrected chi connectivity index (χ4v) is 5.84. The number of carbonyl (C=O) groups is 2. The first-order valence-corrected chi connectivity index (χ1v) is 11.9. The van der Waals surface area contributed by atoms with Crippen molar-refractivity contribution in [3.8, 4) is 0 Å². The molecule has 1 heterocycles. The predicted octanol–water partition coefficient (Wildman–Crippen LogP) is 4.00. The average Bonchev–Trinajstić information content (AvgIpc) is 2.68. The molecule has 0 radical (unpaired) electrons. The Morgan fingerprint density at radius 2 is 1.38 bits per heavy atom. The van der Waals surface area contributed by atoms with E-state index in [0.717, 1.165) is 32.1 Å². The van der Waals surface area contributed by atoms with Crippen molar-refractivity contribution in [1.82, 2.24) is 0 Å². The molecule has 7 heteroatoms. The van der Waals surface area contributed by atoms with Crippen LogP contribution in [0.1, 0.15) is 70.1 Å². The Balaban J connectivity index is 2.44. The van der Waals surface area contributed by atoms with Gasteiger partial charge in [0.1, 0.15) is 5.25 Å². The van der Waals surface area contributed by atoms with E-state index in [1.54, 1.807) is 44.2 Å². The molecular formula is C22H32O6S. The largest absolute Gasteiger partial charge is 0.465 e. The topological polar surface area (TPSA) is 86.7 Å². The number of esters is 2. The number of ether oxygens (including phenoxy) is 2. The van der Waals surface area contributed by atoms with E-state index in [9.17, 15) is 18.0 Å². The van der Waals surface area contributed by atoms with Crippen LogP contribution in [-0.4, -0.2) is 38.8 Å². The molecule has 0 aromatic heterocycles. The average molecular weight is 425 g/mol. The molecule has 6 nitrogen and oxygen atoms in total. The smallest absolute Gasteiger partial charge is 0.324 e. The minimum Gasteiger partial charge on any atom is -0.465 e. The minimum absolute atomic E-state index is 0.208. The molecule has 0 saturated carbocycles. The lowest BCUT2D eigenvalue weighted by Gasteiger charge is -2.33. The van der Waals surface area contributed by atoms with Gasteiger partial charge in [-0.1, -0.05) is 56.0 Å². The van der Waals surface area contributed by atoms with Crippen LogP contribution in [0.25, 0.3) is 0 Å². The molecule has 1 aromatic rings. The first-order chi connectivity index (χ1) is 13.7. The van der Waals surface area contributed by atoms with Crippen molar-refractivity contribution in [2.75, 3.05) is 13.2 Å². The molecule has 162 valence electrons. The summed E-state index contributed by atoms with van der Waals surface area (Å²) in [5, 5.41) is -2.60. The molecule has 1 aromatic carbocycles. The molecule has 1 saturated heterocycles. The van der Waals surface area contributed by atoms with E-state index in [0.29, 0.717) is 12.0 Å². The normalized spacial score (nSPS) is 26.9. The SMILES string of the molecule is CC1C(=O)OCCCCCCCCOC(=O)C(C)(C)C(c2ccccc2)S1(=O)=O. The van der Waals surface area contributed by atoms with Crippen molar-refractivity contribution in [1.29, 1.82) is 0 Å². The Morgan fingerprint density at radius 3 is 1.97 bits per heavy atom. The summed E-state index contributed by atoms with van der Waals surface area (Å²) in [7, 11) is -4.09. The standard InChI is InChI=1S/C22H32O6S/c1-17-20(23)27-15-11-6-4-5-7-12-16-28-21(24)22(2,3)19(29(17,25)26)18-13-9-8-10-14-18/h8-10,13-14,17,19H,4-7,11-12,15-16H2,1-3H3. The van der Waals surface area contributed by atoms with Gasteiger partial charge in [0.25, 0.3) is 0 Å². The third-order valence-corrected chi connectivity index (χ3v) is 8.15. The molecule has 29 heavy (non-hydrogen) atoms. The first-order valence-electron chi connectivity index (χ1n) is 10.3. The zero-order valence-corrected chi connectivity index (χ0v) is 18.4. The Bertz CT molecular complexity index is 785. The molecule has 2 atom stereocenters. The Morgan fingerprint density at radius 1 is 0.862 bits per heavy atom. The van der Waals surface area contributed by atoms with E-state index < -0.39 is 37.7 Å². The van der Waals surface area contributed by atoms with Crippen molar-refractivity contribution in [3.05, 3.63) is 35.9 Å². The summed E-state index contributed by atoms with van der Waals surface area (Å²) < 4.78 is 37.7. The van der Waals surface area contributed by atoms with Crippen LogP contribution in [0.2, 0.25) is 0 Å². The molecule has 0 N–H and O–H groups in total. The van der Waals surface area contributed by atoms with Crippen LogP contribution in [0.15, 0.2) is 30.3 Å². The lowest BCUT2D eigenvalue weighted by atomic mass is 9.85. The van der Waals surface area contributed by atoms with Crippen LogP contribution in [-0.2, 0) is 28.9 Å². The highest BCUT2D eigenvalue weighted by Crippen LogP contribution is 2.43. The van der Waals surface area contributed by atoms with Crippen LogP contribution in [0, 0.1) is 5.41 Å². The third-order valence-electron chi connectivity index (χ3n) is 5.45. The van der Waals surface area contributed by atoms with Crippen molar-refractivity contribution >= 4 is 21.8 Å². The Hall–Kier alpha value is -1.89. The van der Waals surface area contributed by atoms with Gasteiger partial charge in [0.2, 0.25) is 0 Å². The summed E-state index contributed by atoms with van der Waals surface area (Å²) in [6.07, 6.45) is 5.32. The molecule has 0 bridgehead atoms. The summed E-state index contributed by atoms with van der Waals surface area (Å²) >= 11 is 0. The lowest BCUT2D eigenvalue weighted by Crippen LogP contribution is -2.43. The second-order valence-corrected chi connectivity index (χ2v) is 10.5. The summed E-state index contributed by atoms with van der Waals surface area (Å²) in [6.45, 7) is 4.93. The van der Waals surface area contributed by atoms with E-state index in [1.807, 2.05) is 0 Å². The number of carbonyl (C=O) groups excluding carboxylic acids is 2. The van der Waals surface area contributed by atoms with Gasteiger partial charge in [0.05, 0.1) is 18.6 Å². The monoisotopic (exact) mass is 424 g/mol. The summed E-state index contributed by atoms with van der Waals surface area (Å²) in [5.41, 5.74) is -0.915. The maximum absolute atomic E-state index is 13.5. The van der Waals surface area contributed by atoms with Crippen molar-refractivity contribution in [3.63, 3.8) is 0 Å². The van der Waals surface area contributed by atoms with Gasteiger partial charge < -0.3 is 9.47 Å².